The second-order valence-corrected chi connectivity index (χ2v) is 7.83. The van der Waals surface area contributed by atoms with Crippen LogP contribution < -0.4 is 5.43 Å². The van der Waals surface area contributed by atoms with E-state index >= 15 is 0 Å². The van der Waals surface area contributed by atoms with E-state index in [0.29, 0.717) is 5.92 Å². The molecule has 0 aromatic heterocycles. The van der Waals surface area contributed by atoms with Crippen LogP contribution in [0.15, 0.2) is 16.5 Å². The lowest BCUT2D eigenvalue weighted by atomic mass is 9.96. The van der Waals surface area contributed by atoms with Crippen molar-refractivity contribution >= 4 is 11.7 Å². The number of rotatable bonds is 4. The molecule has 1 N–H and O–H groups in total. The molecule has 5 heteroatoms. The highest BCUT2D eigenvalue weighted by molar-refractivity contribution is 5.99. The minimum Gasteiger partial charge on any atom is -0.311 e. The van der Waals surface area contributed by atoms with Gasteiger partial charge in [0.05, 0.1) is 0 Å². The summed E-state index contributed by atoms with van der Waals surface area (Å²) in [7, 11) is 0. The zero-order valence-corrected chi connectivity index (χ0v) is 13.4. The van der Waals surface area contributed by atoms with Gasteiger partial charge in [-0.2, -0.15) is 5.10 Å². The van der Waals surface area contributed by atoms with Crippen molar-refractivity contribution in [1.29, 1.82) is 0 Å². The summed E-state index contributed by atoms with van der Waals surface area (Å²) in [6.45, 7) is 5.13. The molecule has 3 fully saturated rings. The van der Waals surface area contributed by atoms with Crippen LogP contribution in [0.25, 0.3) is 0 Å². The standard InChI is InChI=1S/C17H24N4O/c1-10-11(2)21-14(15(22)20(10)9-12-3-4-12)18-19-16(21)17(7-8-17)13-5-6-13/h12-14,18H,3-9H2,1-2H3. The Labute approximate surface area is 131 Å². The van der Waals surface area contributed by atoms with Crippen LogP contribution in [0.5, 0.6) is 0 Å². The molecule has 5 nitrogen and oxygen atoms in total. The first kappa shape index (κ1) is 13.0. The Kier molecular flexibility index (Phi) is 2.39. The van der Waals surface area contributed by atoms with Gasteiger partial charge in [-0.05, 0) is 64.2 Å². The summed E-state index contributed by atoms with van der Waals surface area (Å²) in [6, 6.07) is 0. The molecular weight excluding hydrogens is 276 g/mol. The Morgan fingerprint density at radius 3 is 2.50 bits per heavy atom. The normalized spacial score (nSPS) is 32.9. The third-order valence-electron chi connectivity index (χ3n) is 6.30. The van der Waals surface area contributed by atoms with Gasteiger partial charge < -0.3 is 4.90 Å². The lowest BCUT2D eigenvalue weighted by Crippen LogP contribution is -2.57. The molecule has 5 aliphatic rings. The van der Waals surface area contributed by atoms with E-state index in [1.807, 2.05) is 4.90 Å². The van der Waals surface area contributed by atoms with Gasteiger partial charge in [-0.25, -0.2) is 0 Å². The summed E-state index contributed by atoms with van der Waals surface area (Å²) in [6.07, 6.45) is 7.40. The van der Waals surface area contributed by atoms with Crippen LogP contribution in [-0.2, 0) is 4.79 Å². The molecule has 118 valence electrons. The number of fused-ring (bicyclic) bond motifs is 1. The Bertz CT molecular complexity index is 610. The number of hydrogen-bond donors (Lipinski definition) is 1. The maximum Gasteiger partial charge on any atom is 0.272 e. The Hall–Kier alpha value is -1.52. The molecule has 5 rings (SSSR count). The number of carbonyl (C=O) groups excluding carboxylic acids is 1. The zero-order chi connectivity index (χ0) is 15.1. The number of nitrogens with zero attached hydrogens (tertiary/aromatic N) is 3. The lowest BCUT2D eigenvalue weighted by Gasteiger charge is -2.40. The average molecular weight is 300 g/mol. The monoisotopic (exact) mass is 300 g/mol. The van der Waals surface area contributed by atoms with Crippen molar-refractivity contribution in [2.75, 3.05) is 6.54 Å². The SMILES string of the molecule is CC1=C(C)N2C(C3(C4CC4)CC3)=NNC2C(=O)N1CC1CC1. The first-order valence-corrected chi connectivity index (χ1v) is 8.73. The number of hydrazone groups is 1. The minimum absolute atomic E-state index is 0.181. The van der Waals surface area contributed by atoms with E-state index < -0.39 is 0 Å². The molecule has 1 atom stereocenters. The van der Waals surface area contributed by atoms with Gasteiger partial charge >= 0.3 is 0 Å². The molecule has 0 aromatic carbocycles. The zero-order valence-electron chi connectivity index (χ0n) is 13.4. The van der Waals surface area contributed by atoms with Gasteiger partial charge in [-0.3, -0.25) is 15.1 Å². The van der Waals surface area contributed by atoms with Gasteiger partial charge in [-0.15, -0.1) is 0 Å². The summed E-state index contributed by atoms with van der Waals surface area (Å²) in [5, 5.41) is 4.65. The molecule has 2 heterocycles. The highest BCUT2D eigenvalue weighted by Crippen LogP contribution is 2.63. The van der Waals surface area contributed by atoms with E-state index in [2.05, 4.69) is 29.3 Å². The van der Waals surface area contributed by atoms with Gasteiger partial charge in [0.15, 0.2) is 0 Å². The predicted molar refractivity (Wildman–Crippen MR) is 83.4 cm³/mol. The number of amides is 1. The quantitative estimate of drug-likeness (QED) is 0.866. The van der Waals surface area contributed by atoms with Crippen LogP contribution in [0.1, 0.15) is 52.4 Å². The van der Waals surface area contributed by atoms with Gasteiger partial charge in [0.25, 0.3) is 5.91 Å². The lowest BCUT2D eigenvalue weighted by molar-refractivity contribution is -0.135. The Balaban J connectivity index is 1.49. The average Bonchev–Trinajstić information content (AvgIpc) is 3.33. The molecular formula is C17H24N4O. The summed E-state index contributed by atoms with van der Waals surface area (Å²) < 4.78 is 0. The molecule has 0 aromatic rings. The van der Waals surface area contributed by atoms with Gasteiger partial charge in [0.2, 0.25) is 6.17 Å². The smallest absolute Gasteiger partial charge is 0.272 e. The highest BCUT2D eigenvalue weighted by Gasteiger charge is 2.62. The number of hydrogen-bond acceptors (Lipinski definition) is 4. The van der Waals surface area contributed by atoms with E-state index in [4.69, 9.17) is 0 Å². The Morgan fingerprint density at radius 1 is 1.18 bits per heavy atom. The van der Waals surface area contributed by atoms with E-state index in [1.165, 1.54) is 44.2 Å². The van der Waals surface area contributed by atoms with Crippen LogP contribution >= 0.6 is 0 Å². The summed E-state index contributed by atoms with van der Waals surface area (Å²) in [4.78, 5) is 17.1. The van der Waals surface area contributed by atoms with Crippen LogP contribution in [0.4, 0.5) is 0 Å². The second-order valence-electron chi connectivity index (χ2n) is 7.83. The van der Waals surface area contributed by atoms with Crippen molar-refractivity contribution in [3.8, 4) is 0 Å². The molecule has 0 radical (unpaired) electrons. The van der Waals surface area contributed by atoms with Gasteiger partial charge in [0.1, 0.15) is 5.84 Å². The first-order valence-electron chi connectivity index (χ1n) is 8.73. The summed E-state index contributed by atoms with van der Waals surface area (Å²) in [5.74, 6) is 2.84. The fourth-order valence-corrected chi connectivity index (χ4v) is 4.28. The van der Waals surface area contributed by atoms with Crippen LogP contribution in [0.2, 0.25) is 0 Å². The molecule has 2 aliphatic heterocycles. The van der Waals surface area contributed by atoms with Crippen LogP contribution in [0, 0.1) is 17.3 Å². The van der Waals surface area contributed by atoms with Crippen molar-refractivity contribution in [2.24, 2.45) is 22.4 Å². The molecule has 22 heavy (non-hydrogen) atoms. The fraction of sp³-hybridized carbons (Fsp3) is 0.765. The first-order chi connectivity index (χ1) is 10.6. The van der Waals surface area contributed by atoms with Crippen molar-refractivity contribution in [3.05, 3.63) is 11.4 Å². The number of amidine groups is 1. The number of nitrogens with one attached hydrogen (secondary N) is 1. The van der Waals surface area contributed by atoms with E-state index in [0.717, 1.165) is 24.0 Å². The Morgan fingerprint density at radius 2 is 1.91 bits per heavy atom. The number of allylic oxidation sites excluding steroid dienone is 2. The molecule has 1 amide bonds. The molecule has 3 saturated carbocycles. The van der Waals surface area contributed by atoms with Crippen molar-refractivity contribution < 1.29 is 4.79 Å². The second kappa shape index (κ2) is 4.06. The molecule has 0 spiro atoms. The largest absolute Gasteiger partial charge is 0.311 e. The topological polar surface area (TPSA) is 47.9 Å². The van der Waals surface area contributed by atoms with Crippen LogP contribution in [0.3, 0.4) is 0 Å². The molecule has 0 bridgehead atoms. The van der Waals surface area contributed by atoms with Crippen LogP contribution in [-0.4, -0.2) is 34.3 Å². The fourth-order valence-electron chi connectivity index (χ4n) is 4.28. The van der Waals surface area contributed by atoms with Crippen molar-refractivity contribution in [1.82, 2.24) is 15.2 Å². The highest BCUT2D eigenvalue weighted by atomic mass is 16.2. The third-order valence-corrected chi connectivity index (χ3v) is 6.30. The summed E-state index contributed by atoms with van der Waals surface area (Å²) in [5.41, 5.74) is 5.76. The summed E-state index contributed by atoms with van der Waals surface area (Å²) >= 11 is 0. The van der Waals surface area contributed by atoms with Gasteiger partial charge in [-0.1, -0.05) is 0 Å². The number of carbonyl (C=O) groups is 1. The molecule has 3 aliphatic carbocycles. The minimum atomic E-state index is -0.298. The maximum atomic E-state index is 12.9. The van der Waals surface area contributed by atoms with Gasteiger partial charge in [0, 0.05) is 23.4 Å². The molecule has 1 unspecified atom stereocenters. The van der Waals surface area contributed by atoms with E-state index in [9.17, 15) is 4.79 Å². The predicted octanol–water partition coefficient (Wildman–Crippen LogP) is 2.23. The van der Waals surface area contributed by atoms with E-state index in [-0.39, 0.29) is 17.5 Å². The van der Waals surface area contributed by atoms with Crippen molar-refractivity contribution in [2.45, 2.75) is 58.5 Å². The maximum absolute atomic E-state index is 12.9. The third kappa shape index (κ3) is 1.65. The van der Waals surface area contributed by atoms with Crippen molar-refractivity contribution in [3.63, 3.8) is 0 Å². The molecule has 0 saturated heterocycles. The van der Waals surface area contributed by atoms with E-state index in [1.54, 1.807) is 0 Å².